The van der Waals surface area contributed by atoms with Gasteiger partial charge in [0.15, 0.2) is 0 Å². The Bertz CT molecular complexity index is 919. The first kappa shape index (κ1) is 20.1. The van der Waals surface area contributed by atoms with Crippen molar-refractivity contribution < 1.29 is 14.3 Å². The largest absolute Gasteiger partial charge is 0.497 e. The van der Waals surface area contributed by atoms with E-state index in [9.17, 15) is 9.59 Å². The van der Waals surface area contributed by atoms with Gasteiger partial charge in [-0.05, 0) is 92.7 Å². The molecular formula is C26H30N2O3. The van der Waals surface area contributed by atoms with E-state index in [1.165, 1.54) is 19.3 Å². The summed E-state index contributed by atoms with van der Waals surface area (Å²) in [6.07, 6.45) is 6.98. The number of amides is 2. The summed E-state index contributed by atoms with van der Waals surface area (Å²) in [5.41, 5.74) is 1.17. The quantitative estimate of drug-likeness (QED) is 0.718. The monoisotopic (exact) mass is 418 g/mol. The van der Waals surface area contributed by atoms with Gasteiger partial charge in [-0.25, -0.2) is 0 Å². The second-order valence-corrected chi connectivity index (χ2v) is 9.77. The summed E-state index contributed by atoms with van der Waals surface area (Å²) >= 11 is 0. The zero-order valence-electron chi connectivity index (χ0n) is 18.0. The number of benzene rings is 2. The van der Waals surface area contributed by atoms with Crippen LogP contribution in [0.2, 0.25) is 0 Å². The Morgan fingerprint density at radius 2 is 1.48 bits per heavy atom. The second-order valence-electron chi connectivity index (χ2n) is 9.77. The van der Waals surface area contributed by atoms with Crippen molar-refractivity contribution in [3.63, 3.8) is 0 Å². The average Bonchev–Trinajstić information content (AvgIpc) is 2.77. The van der Waals surface area contributed by atoms with E-state index >= 15 is 0 Å². The Hall–Kier alpha value is -2.82. The van der Waals surface area contributed by atoms with E-state index in [-0.39, 0.29) is 17.2 Å². The van der Waals surface area contributed by atoms with Gasteiger partial charge >= 0.3 is 0 Å². The van der Waals surface area contributed by atoms with E-state index in [4.69, 9.17) is 4.74 Å². The first-order chi connectivity index (χ1) is 15.0. The predicted molar refractivity (Wildman–Crippen MR) is 120 cm³/mol. The molecule has 5 heteroatoms. The van der Waals surface area contributed by atoms with E-state index in [0.29, 0.717) is 23.3 Å². The van der Waals surface area contributed by atoms with Crippen LogP contribution in [0.5, 0.6) is 5.75 Å². The van der Waals surface area contributed by atoms with Gasteiger partial charge in [0, 0.05) is 16.7 Å². The van der Waals surface area contributed by atoms with Crippen LogP contribution in [0.1, 0.15) is 48.9 Å². The van der Waals surface area contributed by atoms with Crippen LogP contribution < -0.4 is 15.4 Å². The summed E-state index contributed by atoms with van der Waals surface area (Å²) in [6, 6.07) is 16.0. The number of hydrogen-bond donors (Lipinski definition) is 2. The van der Waals surface area contributed by atoms with Crippen molar-refractivity contribution in [3.8, 4) is 5.75 Å². The van der Waals surface area contributed by atoms with Crippen LogP contribution >= 0.6 is 0 Å². The molecule has 4 fully saturated rings. The molecule has 6 rings (SSSR count). The van der Waals surface area contributed by atoms with Crippen LogP contribution in [0, 0.1) is 23.2 Å². The van der Waals surface area contributed by atoms with E-state index in [1.54, 1.807) is 19.2 Å². The maximum atomic E-state index is 13.6. The molecule has 2 aromatic carbocycles. The third kappa shape index (κ3) is 3.93. The number of carbonyl (C=O) groups excluding carboxylic acids is 2. The van der Waals surface area contributed by atoms with Crippen molar-refractivity contribution in [3.05, 3.63) is 60.2 Å². The molecule has 4 saturated carbocycles. The van der Waals surface area contributed by atoms with Crippen molar-refractivity contribution in [1.29, 1.82) is 0 Å². The van der Waals surface area contributed by atoms with Gasteiger partial charge in [0.25, 0.3) is 5.91 Å². The van der Waals surface area contributed by atoms with E-state index < -0.39 is 6.04 Å². The number of hydrogen-bond acceptors (Lipinski definition) is 3. The molecule has 0 unspecified atom stereocenters. The number of rotatable bonds is 6. The standard InChI is InChI=1S/C26H30N2O3/c1-31-22-9-7-21(8-10-22)27-25(30)23(28-24(29)20-5-3-2-4-6-20)26-14-17-11-18(15-26)13-19(12-17)16-26/h2-10,17-19,23H,11-16H2,1H3,(H,27,30)(H,28,29)/t17?,18?,19?,23-,26?/m1/s1. The van der Waals surface area contributed by atoms with Crippen molar-refractivity contribution in [1.82, 2.24) is 5.32 Å². The summed E-state index contributed by atoms with van der Waals surface area (Å²) in [5.74, 6) is 2.53. The number of nitrogens with one attached hydrogen (secondary N) is 2. The lowest BCUT2D eigenvalue weighted by molar-refractivity contribution is -0.129. The molecule has 162 valence electrons. The zero-order chi connectivity index (χ0) is 21.4. The lowest BCUT2D eigenvalue weighted by Crippen LogP contribution is -2.61. The van der Waals surface area contributed by atoms with Gasteiger partial charge in [-0.2, -0.15) is 0 Å². The molecule has 0 heterocycles. The Balaban J connectivity index is 1.42. The molecule has 2 N–H and O–H groups in total. The molecule has 2 aromatic rings. The van der Waals surface area contributed by atoms with Gasteiger partial charge in [0.05, 0.1) is 7.11 Å². The highest BCUT2D eigenvalue weighted by molar-refractivity contribution is 6.01. The average molecular weight is 419 g/mol. The number of carbonyl (C=O) groups is 2. The molecule has 0 spiro atoms. The van der Waals surface area contributed by atoms with Crippen molar-refractivity contribution >= 4 is 17.5 Å². The van der Waals surface area contributed by atoms with Crippen LogP contribution in [0.3, 0.4) is 0 Å². The lowest BCUT2D eigenvalue weighted by Gasteiger charge is -2.58. The SMILES string of the molecule is COc1ccc(NC(=O)[C@@H](NC(=O)c2ccccc2)C23CC4CC(CC(C4)C2)C3)cc1. The summed E-state index contributed by atoms with van der Waals surface area (Å²) < 4.78 is 5.22. The minimum Gasteiger partial charge on any atom is -0.497 e. The number of anilines is 1. The highest BCUT2D eigenvalue weighted by Crippen LogP contribution is 2.61. The lowest BCUT2D eigenvalue weighted by atomic mass is 9.47. The first-order valence-corrected chi connectivity index (χ1v) is 11.4. The maximum Gasteiger partial charge on any atom is 0.251 e. The fourth-order valence-corrected chi connectivity index (χ4v) is 6.72. The molecule has 31 heavy (non-hydrogen) atoms. The third-order valence-electron chi connectivity index (χ3n) is 7.63. The van der Waals surface area contributed by atoms with Gasteiger partial charge in [-0.15, -0.1) is 0 Å². The van der Waals surface area contributed by atoms with Crippen molar-refractivity contribution in [2.75, 3.05) is 12.4 Å². The van der Waals surface area contributed by atoms with Crippen LogP contribution in [-0.2, 0) is 4.79 Å². The molecule has 1 atom stereocenters. The topological polar surface area (TPSA) is 67.4 Å². The molecule has 0 radical (unpaired) electrons. The number of methoxy groups -OCH3 is 1. The fourth-order valence-electron chi connectivity index (χ4n) is 6.72. The highest BCUT2D eigenvalue weighted by Gasteiger charge is 2.56. The Labute approximate surface area is 183 Å². The first-order valence-electron chi connectivity index (χ1n) is 11.4. The number of ether oxygens (including phenoxy) is 1. The van der Waals surface area contributed by atoms with Gasteiger partial charge in [0.2, 0.25) is 5.91 Å². The minimum atomic E-state index is -0.532. The summed E-state index contributed by atoms with van der Waals surface area (Å²) in [5, 5.41) is 6.22. The van der Waals surface area contributed by atoms with Crippen LogP contribution in [-0.4, -0.2) is 25.0 Å². The molecule has 0 aliphatic heterocycles. The zero-order valence-corrected chi connectivity index (χ0v) is 18.0. The Morgan fingerprint density at radius 1 is 0.903 bits per heavy atom. The van der Waals surface area contributed by atoms with E-state index in [0.717, 1.165) is 30.7 Å². The second kappa shape index (κ2) is 8.03. The molecule has 0 saturated heterocycles. The molecule has 5 nitrogen and oxygen atoms in total. The normalized spacial score (nSPS) is 29.3. The van der Waals surface area contributed by atoms with Gasteiger partial charge in [-0.3, -0.25) is 9.59 Å². The predicted octanol–water partition coefficient (Wildman–Crippen LogP) is 4.65. The molecular weight excluding hydrogens is 388 g/mol. The van der Waals surface area contributed by atoms with E-state index in [2.05, 4.69) is 10.6 Å². The van der Waals surface area contributed by atoms with Crippen LogP contribution in [0.15, 0.2) is 54.6 Å². The molecule has 4 bridgehead atoms. The summed E-state index contributed by atoms with van der Waals surface area (Å²) in [6.45, 7) is 0. The summed E-state index contributed by atoms with van der Waals surface area (Å²) in [7, 11) is 1.62. The molecule has 4 aliphatic rings. The van der Waals surface area contributed by atoms with Gasteiger partial charge < -0.3 is 15.4 Å². The van der Waals surface area contributed by atoms with Gasteiger partial charge in [-0.1, -0.05) is 18.2 Å². The van der Waals surface area contributed by atoms with E-state index in [1.807, 2.05) is 42.5 Å². The van der Waals surface area contributed by atoms with Crippen LogP contribution in [0.4, 0.5) is 5.69 Å². The Morgan fingerprint density at radius 3 is 2.03 bits per heavy atom. The summed E-state index contributed by atoms with van der Waals surface area (Å²) in [4.78, 5) is 26.7. The van der Waals surface area contributed by atoms with Crippen molar-refractivity contribution in [2.45, 2.75) is 44.6 Å². The molecule has 2 amide bonds. The highest BCUT2D eigenvalue weighted by atomic mass is 16.5. The molecule has 4 aliphatic carbocycles. The smallest absolute Gasteiger partial charge is 0.251 e. The maximum absolute atomic E-state index is 13.6. The van der Waals surface area contributed by atoms with Gasteiger partial charge in [0.1, 0.15) is 11.8 Å². The molecule has 0 aromatic heterocycles. The third-order valence-corrected chi connectivity index (χ3v) is 7.63. The van der Waals surface area contributed by atoms with Crippen molar-refractivity contribution in [2.24, 2.45) is 23.2 Å². The fraction of sp³-hybridized carbons (Fsp3) is 0.462. The Kier molecular flexibility index (Phi) is 5.20. The van der Waals surface area contributed by atoms with Crippen LogP contribution in [0.25, 0.3) is 0 Å². The minimum absolute atomic E-state index is 0.114.